The van der Waals surface area contributed by atoms with E-state index in [-0.39, 0.29) is 17.8 Å². The smallest absolute Gasteiger partial charge is 0.255 e. The van der Waals surface area contributed by atoms with Crippen LogP contribution < -0.4 is 10.1 Å². The lowest BCUT2D eigenvalue weighted by Crippen LogP contribution is -2.29. The molecule has 6 heteroatoms. The molecule has 1 heterocycles. The third kappa shape index (κ3) is 4.33. The molecule has 0 aliphatic carbocycles. The van der Waals surface area contributed by atoms with E-state index in [1.54, 1.807) is 23.9 Å². The number of hydrogen-bond donors (Lipinski definition) is 1. The quantitative estimate of drug-likeness (QED) is 0.490. The first-order valence-electron chi connectivity index (χ1n) is 9.87. The van der Waals surface area contributed by atoms with E-state index >= 15 is 0 Å². The molecule has 156 valence electrons. The number of benzene rings is 3. The summed E-state index contributed by atoms with van der Waals surface area (Å²) >= 11 is 0. The zero-order valence-corrected chi connectivity index (χ0v) is 17.2. The number of halogens is 1. The van der Waals surface area contributed by atoms with Gasteiger partial charge in [0.2, 0.25) is 0 Å². The second-order valence-electron chi connectivity index (χ2n) is 7.12. The van der Waals surface area contributed by atoms with E-state index in [9.17, 15) is 9.18 Å². The minimum absolute atomic E-state index is 0.240. The number of methoxy groups -OCH3 is 1. The molecule has 5 nitrogen and oxygen atoms in total. The predicted molar refractivity (Wildman–Crippen MR) is 117 cm³/mol. The Kier molecular flexibility index (Phi) is 5.80. The van der Waals surface area contributed by atoms with Gasteiger partial charge in [0.15, 0.2) is 0 Å². The van der Waals surface area contributed by atoms with Crippen molar-refractivity contribution < 1.29 is 13.9 Å². The van der Waals surface area contributed by atoms with Gasteiger partial charge in [-0.3, -0.25) is 4.79 Å². The van der Waals surface area contributed by atoms with E-state index < -0.39 is 0 Å². The molecule has 1 amide bonds. The van der Waals surface area contributed by atoms with E-state index in [1.165, 1.54) is 18.3 Å². The standard InChI is InChI=1S/C25H22FN3O2/c1-17-23(16-27-29(17)21-12-10-20(26)11-13-21)25(30)28-24(18-6-4-3-5-7-18)19-8-14-22(31-2)15-9-19/h3-16,24H,1-2H3,(H,28,30). The summed E-state index contributed by atoms with van der Waals surface area (Å²) in [4.78, 5) is 13.2. The van der Waals surface area contributed by atoms with Crippen molar-refractivity contribution in [2.24, 2.45) is 0 Å². The minimum Gasteiger partial charge on any atom is -0.497 e. The van der Waals surface area contributed by atoms with Gasteiger partial charge in [0.05, 0.1) is 36.3 Å². The Morgan fingerprint density at radius 2 is 1.61 bits per heavy atom. The monoisotopic (exact) mass is 415 g/mol. The number of rotatable bonds is 6. The van der Waals surface area contributed by atoms with Gasteiger partial charge in [0.1, 0.15) is 11.6 Å². The van der Waals surface area contributed by atoms with Crippen molar-refractivity contribution in [2.75, 3.05) is 7.11 Å². The van der Waals surface area contributed by atoms with Crippen LogP contribution in [0.15, 0.2) is 85.1 Å². The van der Waals surface area contributed by atoms with Gasteiger partial charge >= 0.3 is 0 Å². The highest BCUT2D eigenvalue weighted by atomic mass is 19.1. The first-order chi connectivity index (χ1) is 15.1. The molecule has 1 atom stereocenters. The maximum absolute atomic E-state index is 13.2. The fraction of sp³-hybridized carbons (Fsp3) is 0.120. The van der Waals surface area contributed by atoms with Crippen LogP contribution in [0.1, 0.15) is 33.2 Å². The summed E-state index contributed by atoms with van der Waals surface area (Å²) in [6.07, 6.45) is 1.53. The van der Waals surface area contributed by atoms with Crippen LogP contribution in [0.5, 0.6) is 5.75 Å². The Morgan fingerprint density at radius 3 is 2.26 bits per heavy atom. The fourth-order valence-corrected chi connectivity index (χ4v) is 3.48. The predicted octanol–water partition coefficient (Wildman–Crippen LogP) is 4.85. The second kappa shape index (κ2) is 8.83. The van der Waals surface area contributed by atoms with Crippen LogP contribution in [0.4, 0.5) is 4.39 Å². The van der Waals surface area contributed by atoms with Crippen LogP contribution in [0.2, 0.25) is 0 Å². The molecule has 0 saturated carbocycles. The van der Waals surface area contributed by atoms with E-state index in [1.807, 2.05) is 61.5 Å². The average molecular weight is 415 g/mol. The summed E-state index contributed by atoms with van der Waals surface area (Å²) in [7, 11) is 1.62. The third-order valence-electron chi connectivity index (χ3n) is 5.18. The maximum atomic E-state index is 13.2. The van der Waals surface area contributed by atoms with Gasteiger partial charge in [0, 0.05) is 0 Å². The molecule has 0 aliphatic rings. The Bertz CT molecular complexity index is 1170. The van der Waals surface area contributed by atoms with Crippen LogP contribution in [-0.4, -0.2) is 22.8 Å². The molecule has 0 spiro atoms. The Balaban J connectivity index is 1.64. The molecule has 0 bridgehead atoms. The molecule has 1 unspecified atom stereocenters. The summed E-state index contributed by atoms with van der Waals surface area (Å²) in [5.74, 6) is 0.186. The fourth-order valence-electron chi connectivity index (χ4n) is 3.48. The number of carbonyl (C=O) groups is 1. The Morgan fingerprint density at radius 1 is 0.968 bits per heavy atom. The molecule has 0 radical (unpaired) electrons. The average Bonchev–Trinajstić information content (AvgIpc) is 3.20. The summed E-state index contributed by atoms with van der Waals surface area (Å²) in [5, 5.41) is 7.45. The van der Waals surface area contributed by atoms with Gasteiger partial charge < -0.3 is 10.1 Å². The van der Waals surface area contributed by atoms with Gasteiger partial charge in [0.25, 0.3) is 5.91 Å². The Hall–Kier alpha value is -3.93. The summed E-state index contributed by atoms with van der Waals surface area (Å²) in [5.41, 5.74) is 3.71. The number of hydrogen-bond acceptors (Lipinski definition) is 3. The lowest BCUT2D eigenvalue weighted by Gasteiger charge is -2.20. The highest BCUT2D eigenvalue weighted by molar-refractivity contribution is 5.95. The molecule has 4 rings (SSSR count). The van der Waals surface area contributed by atoms with Crippen molar-refractivity contribution in [2.45, 2.75) is 13.0 Å². The lowest BCUT2D eigenvalue weighted by molar-refractivity contribution is 0.0942. The summed E-state index contributed by atoms with van der Waals surface area (Å²) < 4.78 is 20.1. The molecule has 0 saturated heterocycles. The number of aromatic nitrogens is 2. The van der Waals surface area contributed by atoms with Gasteiger partial charge in [-0.2, -0.15) is 5.10 Å². The molecule has 1 N–H and O–H groups in total. The molecular formula is C25H22FN3O2. The molecule has 3 aromatic carbocycles. The van der Waals surface area contributed by atoms with Crippen molar-refractivity contribution in [3.63, 3.8) is 0 Å². The van der Waals surface area contributed by atoms with Gasteiger partial charge in [-0.1, -0.05) is 42.5 Å². The topological polar surface area (TPSA) is 56.1 Å². The number of nitrogens with zero attached hydrogens (tertiary/aromatic N) is 2. The highest BCUT2D eigenvalue weighted by Crippen LogP contribution is 2.25. The van der Waals surface area contributed by atoms with Crippen molar-refractivity contribution in [3.8, 4) is 11.4 Å². The van der Waals surface area contributed by atoms with Crippen molar-refractivity contribution in [1.29, 1.82) is 0 Å². The van der Waals surface area contributed by atoms with E-state index in [2.05, 4.69) is 10.4 Å². The number of amides is 1. The highest BCUT2D eigenvalue weighted by Gasteiger charge is 2.21. The number of nitrogens with one attached hydrogen (secondary N) is 1. The largest absolute Gasteiger partial charge is 0.497 e. The van der Waals surface area contributed by atoms with Gasteiger partial charge in [-0.15, -0.1) is 0 Å². The zero-order valence-electron chi connectivity index (χ0n) is 17.2. The van der Waals surface area contributed by atoms with Crippen LogP contribution in [-0.2, 0) is 0 Å². The molecule has 4 aromatic rings. The van der Waals surface area contributed by atoms with E-state index in [0.29, 0.717) is 16.9 Å². The van der Waals surface area contributed by atoms with Gasteiger partial charge in [-0.05, 0) is 54.4 Å². The van der Waals surface area contributed by atoms with Crippen LogP contribution in [0.25, 0.3) is 5.69 Å². The van der Waals surface area contributed by atoms with Crippen molar-refractivity contribution >= 4 is 5.91 Å². The van der Waals surface area contributed by atoms with Crippen molar-refractivity contribution in [3.05, 3.63) is 113 Å². The number of carbonyl (C=O) groups excluding carboxylic acids is 1. The SMILES string of the molecule is COc1ccc(C(NC(=O)c2cnn(-c3ccc(F)cc3)c2C)c2ccccc2)cc1. The summed E-state index contributed by atoms with van der Waals surface area (Å²) in [6, 6.07) is 23.0. The second-order valence-corrected chi connectivity index (χ2v) is 7.12. The lowest BCUT2D eigenvalue weighted by atomic mass is 9.98. The van der Waals surface area contributed by atoms with Crippen LogP contribution >= 0.6 is 0 Å². The Labute approximate surface area is 180 Å². The molecular weight excluding hydrogens is 393 g/mol. The van der Waals surface area contributed by atoms with Crippen LogP contribution in [0.3, 0.4) is 0 Å². The first kappa shape index (κ1) is 20.3. The van der Waals surface area contributed by atoms with Crippen LogP contribution in [0, 0.1) is 12.7 Å². The maximum Gasteiger partial charge on any atom is 0.255 e. The summed E-state index contributed by atoms with van der Waals surface area (Å²) in [6.45, 7) is 1.82. The molecule has 31 heavy (non-hydrogen) atoms. The third-order valence-corrected chi connectivity index (χ3v) is 5.18. The molecule has 0 fully saturated rings. The van der Waals surface area contributed by atoms with E-state index in [0.717, 1.165) is 16.9 Å². The van der Waals surface area contributed by atoms with E-state index in [4.69, 9.17) is 4.74 Å². The molecule has 1 aromatic heterocycles. The van der Waals surface area contributed by atoms with Crippen molar-refractivity contribution in [1.82, 2.24) is 15.1 Å². The first-order valence-corrected chi connectivity index (χ1v) is 9.87. The number of ether oxygens (including phenoxy) is 1. The van der Waals surface area contributed by atoms with Gasteiger partial charge in [-0.25, -0.2) is 9.07 Å². The zero-order chi connectivity index (χ0) is 21.8. The minimum atomic E-state index is -0.340. The molecule has 0 aliphatic heterocycles. The normalized spacial score (nSPS) is 11.7.